The van der Waals surface area contributed by atoms with Crippen molar-refractivity contribution in [2.45, 2.75) is 18.8 Å². The summed E-state index contributed by atoms with van der Waals surface area (Å²) in [5.41, 5.74) is 6.98. The molecule has 25 heavy (non-hydrogen) atoms. The predicted molar refractivity (Wildman–Crippen MR) is 103 cm³/mol. The van der Waals surface area contributed by atoms with E-state index in [1.165, 1.54) is 22.3 Å². The van der Waals surface area contributed by atoms with Gasteiger partial charge in [-0.1, -0.05) is 91.9 Å². The molecule has 5 rings (SSSR count). The minimum absolute atomic E-state index is 0.101. The van der Waals surface area contributed by atoms with Crippen LogP contribution in [0.1, 0.15) is 30.0 Å². The Morgan fingerprint density at radius 3 is 1.92 bits per heavy atom. The zero-order chi connectivity index (χ0) is 16.9. The van der Waals surface area contributed by atoms with Crippen LogP contribution in [0.3, 0.4) is 0 Å². The maximum Gasteiger partial charge on any atom is 0.0395 e. The Kier molecular flexibility index (Phi) is 3.12. The first-order valence-corrected chi connectivity index (χ1v) is 9.13. The SMILES string of the molecule is CC[C@H]1[C@@H](C#Cc2ccccc2)C12c1ccccc1-c1ccccc12. The summed E-state index contributed by atoms with van der Waals surface area (Å²) in [5.74, 6) is 8.08. The Morgan fingerprint density at radius 2 is 1.32 bits per heavy atom. The van der Waals surface area contributed by atoms with Gasteiger partial charge in [-0.3, -0.25) is 0 Å². The van der Waals surface area contributed by atoms with Gasteiger partial charge in [-0.2, -0.15) is 0 Å². The quantitative estimate of drug-likeness (QED) is 0.507. The van der Waals surface area contributed by atoms with E-state index in [0.717, 1.165) is 12.0 Å². The van der Waals surface area contributed by atoms with Crippen molar-refractivity contribution in [1.29, 1.82) is 0 Å². The van der Waals surface area contributed by atoms with Crippen LogP contribution in [0, 0.1) is 23.7 Å². The highest BCUT2D eigenvalue weighted by Crippen LogP contribution is 2.70. The molecular formula is C25H20. The lowest BCUT2D eigenvalue weighted by atomic mass is 9.88. The maximum atomic E-state index is 3.64. The number of fused-ring (bicyclic) bond motifs is 5. The molecule has 0 bridgehead atoms. The lowest BCUT2D eigenvalue weighted by Crippen LogP contribution is -2.09. The molecule has 0 amide bonds. The molecule has 0 N–H and O–H groups in total. The molecule has 0 unspecified atom stereocenters. The second-order valence-corrected chi connectivity index (χ2v) is 7.09. The summed E-state index contributed by atoms with van der Waals surface area (Å²) >= 11 is 0. The molecule has 2 aliphatic rings. The maximum absolute atomic E-state index is 3.64. The molecular weight excluding hydrogens is 300 g/mol. The molecule has 120 valence electrons. The van der Waals surface area contributed by atoms with Gasteiger partial charge in [0.15, 0.2) is 0 Å². The Labute approximate surface area is 149 Å². The number of rotatable bonds is 1. The molecule has 1 fully saturated rings. The van der Waals surface area contributed by atoms with E-state index in [-0.39, 0.29) is 5.41 Å². The van der Waals surface area contributed by atoms with Crippen molar-refractivity contribution < 1.29 is 0 Å². The average Bonchev–Trinajstić information content (AvgIpc) is 3.25. The molecule has 0 radical (unpaired) electrons. The fraction of sp³-hybridized carbons (Fsp3) is 0.200. The summed E-state index contributed by atoms with van der Waals surface area (Å²) in [6.45, 7) is 2.31. The van der Waals surface area contributed by atoms with Gasteiger partial charge in [0.05, 0.1) is 0 Å². The zero-order valence-electron chi connectivity index (χ0n) is 14.4. The minimum atomic E-state index is 0.101. The van der Waals surface area contributed by atoms with Crippen molar-refractivity contribution in [3.8, 4) is 23.0 Å². The van der Waals surface area contributed by atoms with E-state index in [0.29, 0.717) is 11.8 Å². The summed E-state index contributed by atoms with van der Waals surface area (Å²) in [4.78, 5) is 0. The van der Waals surface area contributed by atoms with Crippen LogP contribution in [0.5, 0.6) is 0 Å². The molecule has 0 nitrogen and oxygen atoms in total. The van der Waals surface area contributed by atoms with Gasteiger partial charge in [0.25, 0.3) is 0 Å². The third kappa shape index (κ3) is 1.90. The van der Waals surface area contributed by atoms with Crippen molar-refractivity contribution >= 4 is 0 Å². The molecule has 0 heteroatoms. The summed E-state index contributed by atoms with van der Waals surface area (Å²) in [6, 6.07) is 28.2. The van der Waals surface area contributed by atoms with Crippen molar-refractivity contribution in [3.05, 3.63) is 95.6 Å². The number of benzene rings is 3. The highest BCUT2D eigenvalue weighted by molar-refractivity contribution is 5.84. The van der Waals surface area contributed by atoms with Gasteiger partial charge in [-0.15, -0.1) is 0 Å². The third-order valence-electron chi connectivity index (χ3n) is 5.99. The van der Waals surface area contributed by atoms with Gasteiger partial charge in [-0.25, -0.2) is 0 Å². The second kappa shape index (κ2) is 5.36. The smallest absolute Gasteiger partial charge is 0.0395 e. The van der Waals surface area contributed by atoms with Crippen molar-refractivity contribution in [1.82, 2.24) is 0 Å². The van der Waals surface area contributed by atoms with Crippen LogP contribution in [0.4, 0.5) is 0 Å². The third-order valence-corrected chi connectivity index (χ3v) is 5.99. The van der Waals surface area contributed by atoms with Crippen LogP contribution in [0.25, 0.3) is 11.1 Å². The van der Waals surface area contributed by atoms with Crippen molar-refractivity contribution in [3.63, 3.8) is 0 Å². The summed E-state index contributed by atoms with van der Waals surface area (Å²) in [5, 5.41) is 0. The van der Waals surface area contributed by atoms with Gasteiger partial charge in [0.1, 0.15) is 0 Å². The second-order valence-electron chi connectivity index (χ2n) is 7.09. The lowest BCUT2D eigenvalue weighted by Gasteiger charge is -2.13. The fourth-order valence-electron chi connectivity index (χ4n) is 4.95. The van der Waals surface area contributed by atoms with Crippen molar-refractivity contribution in [2.75, 3.05) is 0 Å². The summed E-state index contributed by atoms with van der Waals surface area (Å²) in [7, 11) is 0. The van der Waals surface area contributed by atoms with Crippen LogP contribution >= 0.6 is 0 Å². The molecule has 0 aliphatic heterocycles. The molecule has 0 heterocycles. The van der Waals surface area contributed by atoms with E-state index in [1.54, 1.807) is 0 Å². The van der Waals surface area contributed by atoms with Gasteiger partial charge >= 0.3 is 0 Å². The Morgan fingerprint density at radius 1 is 0.760 bits per heavy atom. The van der Waals surface area contributed by atoms with Gasteiger partial charge in [-0.05, 0) is 40.3 Å². The molecule has 0 saturated heterocycles. The molecule has 3 aromatic carbocycles. The molecule has 3 aromatic rings. The molecule has 0 aromatic heterocycles. The van der Waals surface area contributed by atoms with Gasteiger partial charge < -0.3 is 0 Å². The van der Waals surface area contributed by atoms with Crippen LogP contribution < -0.4 is 0 Å². The normalized spacial score (nSPS) is 21.2. The average molecular weight is 320 g/mol. The Balaban J connectivity index is 1.67. The zero-order valence-corrected chi connectivity index (χ0v) is 14.4. The van der Waals surface area contributed by atoms with Crippen LogP contribution in [-0.4, -0.2) is 0 Å². The monoisotopic (exact) mass is 320 g/mol. The van der Waals surface area contributed by atoms with E-state index >= 15 is 0 Å². The van der Waals surface area contributed by atoms with E-state index in [1.807, 2.05) is 6.07 Å². The van der Waals surface area contributed by atoms with E-state index in [9.17, 15) is 0 Å². The summed E-state index contributed by atoms with van der Waals surface area (Å²) in [6.07, 6.45) is 1.16. The van der Waals surface area contributed by atoms with E-state index in [2.05, 4.69) is 91.6 Å². The summed E-state index contributed by atoms with van der Waals surface area (Å²) < 4.78 is 0. The lowest BCUT2D eigenvalue weighted by molar-refractivity contribution is 0.686. The van der Waals surface area contributed by atoms with Gasteiger partial charge in [0, 0.05) is 16.9 Å². The molecule has 2 atom stereocenters. The standard InChI is InChI=1S/C25H20/c1-2-21-24(17-16-18-10-4-3-5-11-18)25(21)22-14-8-6-12-19(22)20-13-7-9-15-23(20)25/h3-15,21,24H,2H2,1H3/t21-,24+/m0/s1. The first-order chi connectivity index (χ1) is 12.4. The van der Waals surface area contributed by atoms with Crippen molar-refractivity contribution in [2.24, 2.45) is 11.8 Å². The van der Waals surface area contributed by atoms with E-state index < -0.39 is 0 Å². The minimum Gasteiger partial charge on any atom is -0.0928 e. The van der Waals surface area contributed by atoms with E-state index in [4.69, 9.17) is 0 Å². The van der Waals surface area contributed by atoms with Crippen LogP contribution in [0.2, 0.25) is 0 Å². The highest BCUT2D eigenvalue weighted by Gasteiger charge is 2.68. The molecule has 1 spiro atoms. The molecule has 2 aliphatic carbocycles. The predicted octanol–water partition coefficient (Wildman–Crippen LogP) is 5.66. The Bertz CT molecular complexity index is 955. The van der Waals surface area contributed by atoms with Crippen LogP contribution in [0.15, 0.2) is 78.9 Å². The topological polar surface area (TPSA) is 0 Å². The Hall–Kier alpha value is -2.78. The first kappa shape index (κ1) is 14.6. The van der Waals surface area contributed by atoms with Crippen LogP contribution in [-0.2, 0) is 5.41 Å². The number of hydrogen-bond acceptors (Lipinski definition) is 0. The number of hydrogen-bond donors (Lipinski definition) is 0. The highest BCUT2D eigenvalue weighted by atomic mass is 14.7. The fourth-order valence-corrected chi connectivity index (χ4v) is 4.95. The first-order valence-electron chi connectivity index (χ1n) is 9.13. The molecule has 1 saturated carbocycles. The van der Waals surface area contributed by atoms with Gasteiger partial charge in [0.2, 0.25) is 0 Å². The largest absolute Gasteiger partial charge is 0.0928 e.